The number of benzene rings is 1. The molecule has 0 amide bonds. The Hall–Kier alpha value is -4.54. The monoisotopic (exact) mass is 592 g/mol. The number of methoxy groups -OCH3 is 1. The summed E-state index contributed by atoms with van der Waals surface area (Å²) in [4.78, 5) is 19.1. The molecule has 2 aliphatic rings. The number of anilines is 3. The molecule has 13 heteroatoms. The van der Waals surface area contributed by atoms with Gasteiger partial charge < -0.3 is 34.6 Å². The summed E-state index contributed by atoms with van der Waals surface area (Å²) < 4.78 is 41.0. The molecule has 0 radical (unpaired) electrons. The van der Waals surface area contributed by atoms with Gasteiger partial charge in [0.25, 0.3) is 0 Å². The van der Waals surface area contributed by atoms with Gasteiger partial charge in [-0.1, -0.05) is 6.58 Å². The van der Waals surface area contributed by atoms with Crippen LogP contribution in [0.15, 0.2) is 55.0 Å². The molecule has 2 aliphatic heterocycles. The first-order valence-corrected chi connectivity index (χ1v) is 13.9. The standard InChI is InChI=1S/C30H34F2N8O3/c1-20(17-41)40-9-8-26(30(31,32)18-40)43-25-6-4-21(14-22(25)16-33)23-15-28(35-19-34-23)36-27-7-5-24(29(37-27)42-3)39-12-10-38(2)11-13-39/h4-7,14-15,19,26,41H,1,8-13,17-18H2,2-3H3,(H,34,35,36,37). The number of nitrogens with one attached hydrogen (secondary N) is 1. The molecule has 2 fully saturated rings. The molecular weight excluding hydrogens is 558 g/mol. The number of ether oxygens (including phenoxy) is 2. The van der Waals surface area contributed by atoms with Crippen LogP contribution in [0.4, 0.5) is 26.1 Å². The maximum absolute atomic E-state index is 14.9. The molecule has 5 rings (SSSR count). The molecule has 43 heavy (non-hydrogen) atoms. The van der Waals surface area contributed by atoms with Crippen molar-refractivity contribution in [1.82, 2.24) is 24.8 Å². The fourth-order valence-electron chi connectivity index (χ4n) is 5.12. The zero-order chi connectivity index (χ0) is 30.6. The average molecular weight is 593 g/mol. The first-order chi connectivity index (χ1) is 20.7. The smallest absolute Gasteiger partial charge is 0.301 e. The second-order valence-corrected chi connectivity index (χ2v) is 10.6. The minimum atomic E-state index is -3.20. The summed E-state index contributed by atoms with van der Waals surface area (Å²) in [6.07, 6.45) is -0.0250. The van der Waals surface area contributed by atoms with Crippen LogP contribution < -0.4 is 19.7 Å². The molecule has 0 saturated carbocycles. The summed E-state index contributed by atoms with van der Waals surface area (Å²) in [5.41, 5.74) is 2.37. The van der Waals surface area contributed by atoms with Crippen LogP contribution in [-0.2, 0) is 0 Å². The number of halogens is 2. The van der Waals surface area contributed by atoms with Gasteiger partial charge in [-0.25, -0.2) is 18.7 Å². The van der Waals surface area contributed by atoms with E-state index in [-0.39, 0.29) is 30.0 Å². The fourth-order valence-corrected chi connectivity index (χ4v) is 5.12. The highest BCUT2D eigenvalue weighted by atomic mass is 19.3. The lowest BCUT2D eigenvalue weighted by Gasteiger charge is -2.39. The van der Waals surface area contributed by atoms with Gasteiger partial charge in [-0.3, -0.25) is 0 Å². The maximum atomic E-state index is 14.9. The fraction of sp³-hybridized carbons (Fsp3) is 0.400. The van der Waals surface area contributed by atoms with Crippen LogP contribution >= 0.6 is 0 Å². The number of piperidine rings is 1. The molecule has 3 aromatic rings. The van der Waals surface area contributed by atoms with Crippen LogP contribution in [0.1, 0.15) is 12.0 Å². The number of likely N-dealkylation sites (N-methyl/N-ethyl adjacent to an activating group) is 1. The largest absolute Gasteiger partial charge is 0.483 e. The molecule has 2 aromatic heterocycles. The quantitative estimate of drug-likeness (QED) is 0.380. The first kappa shape index (κ1) is 29.9. The summed E-state index contributed by atoms with van der Waals surface area (Å²) in [5.74, 6) is -1.62. The summed E-state index contributed by atoms with van der Waals surface area (Å²) in [6, 6.07) is 12.3. The Kier molecular flexibility index (Phi) is 8.89. The minimum Gasteiger partial charge on any atom is -0.483 e. The van der Waals surface area contributed by atoms with Gasteiger partial charge in [-0.05, 0) is 37.4 Å². The van der Waals surface area contributed by atoms with Gasteiger partial charge in [-0.2, -0.15) is 10.2 Å². The molecule has 4 heterocycles. The summed E-state index contributed by atoms with van der Waals surface area (Å²) in [7, 11) is 3.69. The second-order valence-electron chi connectivity index (χ2n) is 10.6. The number of alkyl halides is 2. The predicted molar refractivity (Wildman–Crippen MR) is 158 cm³/mol. The number of aliphatic hydroxyl groups excluding tert-OH is 1. The summed E-state index contributed by atoms with van der Waals surface area (Å²) in [6.45, 7) is 6.56. The lowest BCUT2D eigenvalue weighted by molar-refractivity contribution is -0.134. The number of pyridine rings is 1. The molecule has 1 aromatic carbocycles. The lowest BCUT2D eigenvalue weighted by Crippen LogP contribution is -2.53. The molecule has 0 bridgehead atoms. The first-order valence-electron chi connectivity index (χ1n) is 13.9. The highest BCUT2D eigenvalue weighted by molar-refractivity contribution is 5.68. The molecule has 11 nitrogen and oxygen atoms in total. The van der Waals surface area contributed by atoms with Crippen LogP contribution in [0.2, 0.25) is 0 Å². The van der Waals surface area contributed by atoms with Crippen molar-refractivity contribution in [3.8, 4) is 29.0 Å². The Morgan fingerprint density at radius 1 is 1.14 bits per heavy atom. The number of likely N-dealkylation sites (tertiary alicyclic amines) is 1. The van der Waals surface area contributed by atoms with E-state index < -0.39 is 25.2 Å². The molecular formula is C30H34F2N8O3. The highest BCUT2D eigenvalue weighted by Crippen LogP contribution is 2.35. The van der Waals surface area contributed by atoms with E-state index in [4.69, 9.17) is 9.47 Å². The number of aromatic nitrogens is 3. The minimum absolute atomic E-state index is 0.00869. The van der Waals surface area contributed by atoms with Crippen molar-refractivity contribution in [1.29, 1.82) is 5.26 Å². The van der Waals surface area contributed by atoms with Crippen LogP contribution in [0.5, 0.6) is 11.6 Å². The van der Waals surface area contributed by atoms with E-state index in [2.05, 4.69) is 43.7 Å². The van der Waals surface area contributed by atoms with Crippen molar-refractivity contribution >= 4 is 17.3 Å². The van der Waals surface area contributed by atoms with E-state index in [0.717, 1.165) is 31.9 Å². The average Bonchev–Trinajstić information content (AvgIpc) is 3.02. The normalized spacial score (nSPS) is 18.6. The molecule has 1 atom stereocenters. The van der Waals surface area contributed by atoms with Crippen molar-refractivity contribution in [3.05, 3.63) is 60.6 Å². The van der Waals surface area contributed by atoms with E-state index >= 15 is 0 Å². The number of aliphatic hydroxyl groups is 1. The zero-order valence-electron chi connectivity index (χ0n) is 24.1. The third kappa shape index (κ3) is 6.76. The molecule has 0 spiro atoms. The van der Waals surface area contributed by atoms with Gasteiger partial charge in [0.2, 0.25) is 5.88 Å². The summed E-state index contributed by atoms with van der Waals surface area (Å²) >= 11 is 0. The Morgan fingerprint density at radius 3 is 2.63 bits per heavy atom. The summed E-state index contributed by atoms with van der Waals surface area (Å²) in [5, 5.41) is 22.2. The van der Waals surface area contributed by atoms with Gasteiger partial charge in [-0.15, -0.1) is 0 Å². The molecule has 2 N–H and O–H groups in total. The van der Waals surface area contributed by atoms with Crippen molar-refractivity contribution < 1.29 is 23.4 Å². The van der Waals surface area contributed by atoms with Gasteiger partial charge in [0, 0.05) is 56.5 Å². The van der Waals surface area contributed by atoms with E-state index in [1.54, 1.807) is 25.3 Å². The van der Waals surface area contributed by atoms with E-state index in [1.807, 2.05) is 18.2 Å². The van der Waals surface area contributed by atoms with Crippen LogP contribution in [0.3, 0.4) is 0 Å². The van der Waals surface area contributed by atoms with Crippen LogP contribution in [0.25, 0.3) is 11.3 Å². The topological polar surface area (TPSA) is 123 Å². The van der Waals surface area contributed by atoms with Crippen LogP contribution in [0, 0.1) is 11.3 Å². The van der Waals surface area contributed by atoms with Gasteiger partial charge in [0.1, 0.15) is 35.5 Å². The van der Waals surface area contributed by atoms with Crippen molar-refractivity contribution in [2.75, 3.05) is 70.2 Å². The van der Waals surface area contributed by atoms with E-state index in [0.29, 0.717) is 28.8 Å². The Balaban J connectivity index is 1.30. The number of piperazine rings is 1. The second kappa shape index (κ2) is 12.8. The predicted octanol–water partition coefficient (Wildman–Crippen LogP) is 3.51. The van der Waals surface area contributed by atoms with Gasteiger partial charge in [0.05, 0.1) is 31.5 Å². The molecule has 1 unspecified atom stereocenters. The number of nitriles is 1. The number of hydrogen-bond donors (Lipinski definition) is 2. The van der Waals surface area contributed by atoms with Gasteiger partial charge in [0.15, 0.2) is 6.10 Å². The van der Waals surface area contributed by atoms with Crippen LogP contribution in [-0.4, -0.2) is 102 Å². The van der Waals surface area contributed by atoms with E-state index in [1.165, 1.54) is 17.3 Å². The lowest BCUT2D eigenvalue weighted by atomic mass is 10.0. The third-order valence-electron chi connectivity index (χ3n) is 7.63. The molecule has 2 saturated heterocycles. The molecule has 226 valence electrons. The SMILES string of the molecule is C=C(CO)N1CCC(Oc2ccc(-c3cc(Nc4ccc(N5CCN(C)CC5)c(OC)n4)ncn3)cc2C#N)C(F)(F)C1. The Morgan fingerprint density at radius 2 is 1.93 bits per heavy atom. The van der Waals surface area contributed by atoms with Crippen molar-refractivity contribution in [3.63, 3.8) is 0 Å². The van der Waals surface area contributed by atoms with E-state index in [9.17, 15) is 19.1 Å². The highest BCUT2D eigenvalue weighted by Gasteiger charge is 2.47. The Labute approximate surface area is 249 Å². The number of rotatable bonds is 9. The third-order valence-corrected chi connectivity index (χ3v) is 7.63. The number of nitrogens with zero attached hydrogens (tertiary/aromatic N) is 7. The zero-order valence-corrected chi connectivity index (χ0v) is 24.1. The Bertz CT molecular complexity index is 1510. The maximum Gasteiger partial charge on any atom is 0.301 e. The van der Waals surface area contributed by atoms with Gasteiger partial charge >= 0.3 is 5.92 Å². The van der Waals surface area contributed by atoms with Crippen molar-refractivity contribution in [2.45, 2.75) is 18.4 Å². The van der Waals surface area contributed by atoms with Crippen molar-refractivity contribution in [2.24, 2.45) is 0 Å². The number of hydrogen-bond acceptors (Lipinski definition) is 11. The molecule has 0 aliphatic carbocycles.